The Balaban J connectivity index is 1.67. The van der Waals surface area contributed by atoms with E-state index in [2.05, 4.69) is 25.1 Å². The van der Waals surface area contributed by atoms with E-state index in [0.29, 0.717) is 13.0 Å². The molecule has 0 saturated heterocycles. The Hall–Kier alpha value is -2.14. The molecule has 0 N–H and O–H groups in total. The Kier molecular flexibility index (Phi) is 6.09. The third-order valence-electron chi connectivity index (χ3n) is 4.99. The summed E-state index contributed by atoms with van der Waals surface area (Å²) in [7, 11) is 0. The average Bonchev–Trinajstić information content (AvgIpc) is 3.14. The number of amides is 2. The highest BCUT2D eigenvalue weighted by atomic mass is 32.1. The second kappa shape index (κ2) is 8.49. The highest BCUT2D eigenvalue weighted by molar-refractivity contribution is 7.10. The van der Waals surface area contributed by atoms with Gasteiger partial charge in [-0.3, -0.25) is 9.59 Å². The summed E-state index contributed by atoms with van der Waals surface area (Å²) in [6.45, 7) is 5.62. The minimum absolute atomic E-state index is 0.0349. The number of fused-ring (bicyclic) bond motifs is 1. The summed E-state index contributed by atoms with van der Waals surface area (Å²) in [4.78, 5) is 30.3. The van der Waals surface area contributed by atoms with Gasteiger partial charge in [0.15, 0.2) is 0 Å². The van der Waals surface area contributed by atoms with Crippen LogP contribution in [-0.4, -0.2) is 41.2 Å². The van der Waals surface area contributed by atoms with Crippen LogP contribution in [0.25, 0.3) is 0 Å². The van der Waals surface area contributed by atoms with Gasteiger partial charge in [-0.2, -0.15) is 0 Å². The van der Waals surface area contributed by atoms with Crippen LogP contribution in [0.2, 0.25) is 0 Å². The van der Waals surface area contributed by atoms with Crippen LogP contribution in [0.15, 0.2) is 41.8 Å². The van der Waals surface area contributed by atoms with Gasteiger partial charge in [0.05, 0.1) is 19.0 Å². The molecule has 1 aromatic heterocycles. The van der Waals surface area contributed by atoms with Gasteiger partial charge in [-0.25, -0.2) is 0 Å². The molecule has 0 saturated carbocycles. The molecule has 2 amide bonds. The lowest BCUT2D eigenvalue weighted by Gasteiger charge is -2.36. The maximum Gasteiger partial charge on any atom is 0.242 e. The maximum absolute atomic E-state index is 12.9. The van der Waals surface area contributed by atoms with Crippen molar-refractivity contribution in [1.29, 1.82) is 0 Å². The number of hydrogen-bond acceptors (Lipinski definition) is 3. The molecule has 1 aromatic carbocycles. The minimum Gasteiger partial charge on any atom is -0.334 e. The molecule has 0 aliphatic carbocycles. The van der Waals surface area contributed by atoms with Crippen molar-refractivity contribution in [1.82, 2.24) is 9.80 Å². The number of benzene rings is 1. The molecule has 1 aliphatic heterocycles. The molecular weight excluding hydrogens is 344 g/mol. The monoisotopic (exact) mass is 370 g/mol. The molecule has 1 unspecified atom stereocenters. The number of thiophene rings is 1. The molecule has 0 bridgehead atoms. The maximum atomic E-state index is 12.9. The lowest BCUT2D eigenvalue weighted by atomic mass is 9.93. The van der Waals surface area contributed by atoms with Crippen LogP contribution in [0, 0.1) is 0 Å². The van der Waals surface area contributed by atoms with Crippen LogP contribution in [-0.2, 0) is 22.4 Å². The zero-order valence-corrected chi connectivity index (χ0v) is 16.3. The van der Waals surface area contributed by atoms with Gasteiger partial charge in [-0.1, -0.05) is 37.3 Å². The Morgan fingerprint density at radius 3 is 2.77 bits per heavy atom. The summed E-state index contributed by atoms with van der Waals surface area (Å²) < 4.78 is 0. The van der Waals surface area contributed by atoms with Crippen molar-refractivity contribution in [2.75, 3.05) is 19.6 Å². The second-order valence-electron chi connectivity index (χ2n) is 6.78. The Labute approximate surface area is 159 Å². The van der Waals surface area contributed by atoms with E-state index >= 15 is 0 Å². The van der Waals surface area contributed by atoms with Crippen molar-refractivity contribution in [3.05, 3.63) is 57.8 Å². The fourth-order valence-corrected chi connectivity index (χ4v) is 4.30. The van der Waals surface area contributed by atoms with E-state index in [-0.39, 0.29) is 24.4 Å². The molecule has 0 fully saturated rings. The molecule has 0 radical (unpaired) electrons. The molecule has 5 heteroatoms. The van der Waals surface area contributed by atoms with Crippen molar-refractivity contribution < 1.29 is 9.59 Å². The fourth-order valence-electron chi connectivity index (χ4n) is 3.60. The van der Waals surface area contributed by atoms with Gasteiger partial charge in [0.25, 0.3) is 0 Å². The molecular formula is C21H26N2O2S. The highest BCUT2D eigenvalue weighted by Crippen LogP contribution is 2.29. The van der Waals surface area contributed by atoms with Gasteiger partial charge in [-0.05, 0) is 42.3 Å². The van der Waals surface area contributed by atoms with Crippen molar-refractivity contribution in [3.8, 4) is 0 Å². The van der Waals surface area contributed by atoms with E-state index in [4.69, 9.17) is 0 Å². The van der Waals surface area contributed by atoms with Gasteiger partial charge in [0.2, 0.25) is 11.8 Å². The lowest BCUT2D eigenvalue weighted by Crippen LogP contribution is -2.46. The fraction of sp³-hybridized carbons (Fsp3) is 0.429. The molecule has 2 heterocycles. The molecule has 1 atom stereocenters. The Morgan fingerprint density at radius 1 is 1.23 bits per heavy atom. The van der Waals surface area contributed by atoms with Gasteiger partial charge in [-0.15, -0.1) is 11.3 Å². The van der Waals surface area contributed by atoms with Gasteiger partial charge in [0, 0.05) is 18.0 Å². The first kappa shape index (κ1) is 18.6. The SMILES string of the molecule is CCCN(CC(=O)N1CCc2ccccc2C1C)C(=O)Cc1cccs1. The largest absolute Gasteiger partial charge is 0.334 e. The Bertz CT molecular complexity index is 757. The molecule has 2 aromatic rings. The molecule has 4 nitrogen and oxygen atoms in total. The average molecular weight is 371 g/mol. The van der Waals surface area contributed by atoms with Crippen LogP contribution in [0.5, 0.6) is 0 Å². The van der Waals surface area contributed by atoms with Gasteiger partial charge >= 0.3 is 0 Å². The molecule has 3 rings (SSSR count). The summed E-state index contributed by atoms with van der Waals surface area (Å²) >= 11 is 1.58. The van der Waals surface area contributed by atoms with E-state index in [1.165, 1.54) is 11.1 Å². The van der Waals surface area contributed by atoms with Crippen LogP contribution in [0.4, 0.5) is 0 Å². The minimum atomic E-state index is 0.0349. The number of carbonyl (C=O) groups is 2. The van der Waals surface area contributed by atoms with E-state index in [0.717, 1.165) is 24.3 Å². The zero-order chi connectivity index (χ0) is 18.5. The van der Waals surface area contributed by atoms with E-state index < -0.39 is 0 Å². The van der Waals surface area contributed by atoms with Crippen molar-refractivity contribution >= 4 is 23.2 Å². The first-order valence-electron chi connectivity index (χ1n) is 9.27. The predicted molar refractivity (Wildman–Crippen MR) is 105 cm³/mol. The summed E-state index contributed by atoms with van der Waals surface area (Å²) in [5, 5.41) is 1.98. The first-order valence-corrected chi connectivity index (χ1v) is 10.2. The summed E-state index contributed by atoms with van der Waals surface area (Å²) in [6.07, 6.45) is 2.11. The van der Waals surface area contributed by atoms with E-state index in [1.54, 1.807) is 16.2 Å². The number of carbonyl (C=O) groups excluding carboxylic acids is 2. The van der Waals surface area contributed by atoms with Crippen molar-refractivity contribution in [2.45, 2.75) is 39.2 Å². The Morgan fingerprint density at radius 2 is 2.04 bits per heavy atom. The summed E-state index contributed by atoms with van der Waals surface area (Å²) in [6, 6.07) is 12.3. The molecule has 0 spiro atoms. The highest BCUT2D eigenvalue weighted by Gasteiger charge is 2.29. The van der Waals surface area contributed by atoms with Gasteiger partial charge < -0.3 is 9.80 Å². The van der Waals surface area contributed by atoms with E-state index in [9.17, 15) is 9.59 Å². The van der Waals surface area contributed by atoms with Crippen LogP contribution < -0.4 is 0 Å². The number of rotatable bonds is 6. The molecule has 26 heavy (non-hydrogen) atoms. The van der Waals surface area contributed by atoms with Crippen molar-refractivity contribution in [2.24, 2.45) is 0 Å². The molecule has 1 aliphatic rings. The van der Waals surface area contributed by atoms with Gasteiger partial charge in [0.1, 0.15) is 0 Å². The third kappa shape index (κ3) is 4.15. The zero-order valence-electron chi connectivity index (χ0n) is 15.5. The predicted octanol–water partition coefficient (Wildman–Crippen LogP) is 3.68. The molecule has 138 valence electrons. The number of nitrogens with zero attached hydrogens (tertiary/aromatic N) is 2. The number of hydrogen-bond donors (Lipinski definition) is 0. The first-order chi connectivity index (χ1) is 12.6. The second-order valence-corrected chi connectivity index (χ2v) is 7.82. The van der Waals surface area contributed by atoms with Crippen molar-refractivity contribution in [3.63, 3.8) is 0 Å². The topological polar surface area (TPSA) is 40.6 Å². The smallest absolute Gasteiger partial charge is 0.242 e. The van der Waals surface area contributed by atoms with E-state index in [1.807, 2.05) is 35.4 Å². The van der Waals surface area contributed by atoms with Crippen LogP contribution >= 0.6 is 11.3 Å². The third-order valence-corrected chi connectivity index (χ3v) is 5.87. The lowest BCUT2D eigenvalue weighted by molar-refractivity contribution is -0.141. The summed E-state index contributed by atoms with van der Waals surface area (Å²) in [5.74, 6) is 0.0766. The quantitative estimate of drug-likeness (QED) is 0.778. The standard InChI is InChI=1S/C21H26N2O2S/c1-3-11-22(20(24)14-18-8-6-13-26-18)15-21(25)23-12-10-17-7-4-5-9-19(17)16(23)2/h4-9,13,16H,3,10-12,14-15H2,1-2H3. The van der Waals surface area contributed by atoms with Crippen LogP contribution in [0.1, 0.15) is 42.3 Å². The van der Waals surface area contributed by atoms with Crippen LogP contribution in [0.3, 0.4) is 0 Å². The normalized spacial score (nSPS) is 16.2. The summed E-state index contributed by atoms with van der Waals surface area (Å²) in [5.41, 5.74) is 2.54.